The minimum absolute atomic E-state index is 0.121. The largest absolute Gasteiger partial charge is 0.478 e. The Morgan fingerprint density at radius 1 is 1.37 bits per heavy atom. The van der Waals surface area contributed by atoms with Gasteiger partial charge in [0, 0.05) is 13.1 Å². The monoisotopic (exact) mass is 268 g/mol. The van der Waals surface area contributed by atoms with Crippen LogP contribution in [0.15, 0.2) is 18.2 Å². The number of carbonyl (C=O) groups is 2. The molecule has 0 saturated heterocycles. The van der Waals surface area contributed by atoms with Crippen LogP contribution < -0.4 is 10.6 Å². The molecule has 1 aromatic carbocycles. The number of halogens is 1. The number of carboxylic acids is 1. The summed E-state index contributed by atoms with van der Waals surface area (Å²) in [6, 6.07) is 3.88. The third-order valence-electron chi connectivity index (χ3n) is 2.45. The number of carboxylic acid groups (broad SMARTS) is 1. The van der Waals surface area contributed by atoms with Gasteiger partial charge < -0.3 is 15.7 Å². The fourth-order valence-electron chi connectivity index (χ4n) is 1.49. The fraction of sp³-hybridized carbons (Fsp3) is 0.385. The second-order valence-electron chi connectivity index (χ2n) is 4.07. The average Bonchev–Trinajstić information content (AvgIpc) is 2.36. The summed E-state index contributed by atoms with van der Waals surface area (Å²) in [5.41, 5.74) is 0.232. The highest BCUT2D eigenvalue weighted by atomic mass is 19.1. The molecule has 0 fully saturated rings. The van der Waals surface area contributed by atoms with E-state index >= 15 is 0 Å². The van der Waals surface area contributed by atoms with Gasteiger partial charge in [0.15, 0.2) is 0 Å². The van der Waals surface area contributed by atoms with Crippen molar-refractivity contribution < 1.29 is 19.1 Å². The van der Waals surface area contributed by atoms with Crippen molar-refractivity contribution in [1.29, 1.82) is 0 Å². The van der Waals surface area contributed by atoms with Crippen molar-refractivity contribution in [3.8, 4) is 0 Å². The van der Waals surface area contributed by atoms with Gasteiger partial charge in [-0.2, -0.15) is 0 Å². The quantitative estimate of drug-likeness (QED) is 0.693. The van der Waals surface area contributed by atoms with Crippen LogP contribution in [0.5, 0.6) is 0 Å². The summed E-state index contributed by atoms with van der Waals surface area (Å²) in [4.78, 5) is 21.9. The normalized spacial score (nSPS) is 10.2. The number of hydrogen-bond donors (Lipinski definition) is 3. The summed E-state index contributed by atoms with van der Waals surface area (Å²) in [5.74, 6) is -2.19. The van der Waals surface area contributed by atoms with Crippen LogP contribution in [-0.2, 0) is 11.3 Å². The molecular formula is C13H17FN2O3. The average molecular weight is 268 g/mol. The zero-order valence-corrected chi connectivity index (χ0v) is 10.7. The Balaban J connectivity index is 2.44. The lowest BCUT2D eigenvalue weighted by molar-refractivity contribution is -0.120. The van der Waals surface area contributed by atoms with Gasteiger partial charge in [-0.05, 0) is 24.1 Å². The predicted molar refractivity (Wildman–Crippen MR) is 68.4 cm³/mol. The van der Waals surface area contributed by atoms with Gasteiger partial charge in [-0.25, -0.2) is 9.18 Å². The van der Waals surface area contributed by atoms with E-state index in [1.54, 1.807) is 0 Å². The van der Waals surface area contributed by atoms with E-state index in [9.17, 15) is 14.0 Å². The SMILES string of the molecule is CCCNC(=O)CNCc1ccc(C(=O)O)c(F)c1. The number of hydrogen-bond acceptors (Lipinski definition) is 3. The highest BCUT2D eigenvalue weighted by molar-refractivity contribution is 5.87. The lowest BCUT2D eigenvalue weighted by atomic mass is 10.1. The van der Waals surface area contributed by atoms with Gasteiger partial charge >= 0.3 is 5.97 Å². The molecule has 1 aromatic rings. The van der Waals surface area contributed by atoms with E-state index < -0.39 is 11.8 Å². The molecule has 1 amide bonds. The summed E-state index contributed by atoms with van der Waals surface area (Å²) < 4.78 is 13.4. The standard InChI is InChI=1S/C13H17FN2O3/c1-2-5-16-12(17)8-15-7-9-3-4-10(13(18)19)11(14)6-9/h3-4,6,15H,2,5,7-8H2,1H3,(H,16,17)(H,18,19). The molecule has 0 radical (unpaired) electrons. The number of amides is 1. The lowest BCUT2D eigenvalue weighted by Crippen LogP contribution is -2.33. The van der Waals surface area contributed by atoms with Crippen LogP contribution in [0.3, 0.4) is 0 Å². The Morgan fingerprint density at radius 3 is 2.68 bits per heavy atom. The van der Waals surface area contributed by atoms with E-state index in [-0.39, 0.29) is 18.0 Å². The first-order valence-electron chi connectivity index (χ1n) is 6.03. The van der Waals surface area contributed by atoms with Gasteiger partial charge in [-0.3, -0.25) is 4.79 Å². The van der Waals surface area contributed by atoms with Crippen molar-refractivity contribution in [2.24, 2.45) is 0 Å². The molecule has 104 valence electrons. The van der Waals surface area contributed by atoms with E-state index in [0.29, 0.717) is 18.7 Å². The molecule has 0 spiro atoms. The van der Waals surface area contributed by atoms with E-state index in [1.165, 1.54) is 12.1 Å². The van der Waals surface area contributed by atoms with Gasteiger partial charge in [0.1, 0.15) is 5.82 Å². The maximum atomic E-state index is 13.4. The van der Waals surface area contributed by atoms with Crippen LogP contribution in [0.4, 0.5) is 4.39 Å². The molecule has 0 aliphatic carbocycles. The topological polar surface area (TPSA) is 78.4 Å². The molecule has 3 N–H and O–H groups in total. The van der Waals surface area contributed by atoms with Crippen LogP contribution in [0, 0.1) is 5.82 Å². The van der Waals surface area contributed by atoms with Gasteiger partial charge in [0.25, 0.3) is 0 Å². The first-order chi connectivity index (χ1) is 9.04. The molecule has 0 aromatic heterocycles. The van der Waals surface area contributed by atoms with E-state index in [4.69, 9.17) is 5.11 Å². The summed E-state index contributed by atoms with van der Waals surface area (Å²) >= 11 is 0. The summed E-state index contributed by atoms with van der Waals surface area (Å²) in [6.07, 6.45) is 0.869. The second-order valence-corrected chi connectivity index (χ2v) is 4.07. The minimum atomic E-state index is -1.30. The van der Waals surface area contributed by atoms with Crippen molar-refractivity contribution >= 4 is 11.9 Å². The number of benzene rings is 1. The molecule has 5 nitrogen and oxygen atoms in total. The van der Waals surface area contributed by atoms with Crippen LogP contribution in [0.2, 0.25) is 0 Å². The Labute approximate surface area is 110 Å². The fourth-order valence-corrected chi connectivity index (χ4v) is 1.49. The van der Waals surface area contributed by atoms with E-state index in [2.05, 4.69) is 10.6 Å². The third-order valence-corrected chi connectivity index (χ3v) is 2.45. The van der Waals surface area contributed by atoms with Gasteiger partial charge in [-0.15, -0.1) is 0 Å². The summed E-state index contributed by atoms with van der Waals surface area (Å²) in [6.45, 7) is 3.03. The number of nitrogens with one attached hydrogen (secondary N) is 2. The molecule has 0 bridgehead atoms. The van der Waals surface area contributed by atoms with Crippen molar-refractivity contribution in [3.05, 3.63) is 35.1 Å². The van der Waals surface area contributed by atoms with Crippen LogP contribution >= 0.6 is 0 Å². The van der Waals surface area contributed by atoms with Crippen LogP contribution in [0.25, 0.3) is 0 Å². The Morgan fingerprint density at radius 2 is 2.11 bits per heavy atom. The highest BCUT2D eigenvalue weighted by Crippen LogP contribution is 2.10. The zero-order chi connectivity index (χ0) is 14.3. The second kappa shape index (κ2) is 7.48. The number of aromatic carboxylic acids is 1. The number of carbonyl (C=O) groups excluding carboxylic acids is 1. The lowest BCUT2D eigenvalue weighted by Gasteiger charge is -2.06. The molecule has 0 unspecified atom stereocenters. The van der Waals surface area contributed by atoms with Crippen molar-refractivity contribution in [1.82, 2.24) is 10.6 Å². The zero-order valence-electron chi connectivity index (χ0n) is 10.7. The molecule has 0 atom stereocenters. The van der Waals surface area contributed by atoms with Gasteiger partial charge in [0.2, 0.25) is 5.91 Å². The minimum Gasteiger partial charge on any atom is -0.478 e. The van der Waals surface area contributed by atoms with Crippen molar-refractivity contribution in [2.45, 2.75) is 19.9 Å². The Kier molecular flexibility index (Phi) is 5.95. The summed E-state index contributed by atoms with van der Waals surface area (Å²) in [7, 11) is 0. The smallest absolute Gasteiger partial charge is 0.338 e. The van der Waals surface area contributed by atoms with E-state index in [1.807, 2.05) is 6.92 Å². The van der Waals surface area contributed by atoms with E-state index in [0.717, 1.165) is 12.5 Å². The first-order valence-corrected chi connectivity index (χ1v) is 6.03. The molecule has 0 saturated carbocycles. The molecule has 1 rings (SSSR count). The predicted octanol–water partition coefficient (Wildman–Crippen LogP) is 1.14. The van der Waals surface area contributed by atoms with Crippen molar-refractivity contribution in [2.75, 3.05) is 13.1 Å². The molecule has 0 aliphatic rings. The van der Waals surface area contributed by atoms with Crippen LogP contribution in [-0.4, -0.2) is 30.1 Å². The number of rotatable bonds is 7. The molecule has 0 aliphatic heterocycles. The maximum absolute atomic E-state index is 13.4. The third kappa shape index (κ3) is 5.05. The maximum Gasteiger partial charge on any atom is 0.338 e. The Bertz CT molecular complexity index is 463. The molecule has 6 heteroatoms. The molecule has 19 heavy (non-hydrogen) atoms. The summed E-state index contributed by atoms with van der Waals surface area (Å²) in [5, 5.41) is 14.2. The molecular weight excluding hydrogens is 251 g/mol. The van der Waals surface area contributed by atoms with Crippen LogP contribution in [0.1, 0.15) is 29.3 Å². The van der Waals surface area contributed by atoms with Crippen molar-refractivity contribution in [3.63, 3.8) is 0 Å². The highest BCUT2D eigenvalue weighted by Gasteiger charge is 2.10. The van der Waals surface area contributed by atoms with Gasteiger partial charge in [-0.1, -0.05) is 13.0 Å². The first kappa shape index (κ1) is 15.1. The van der Waals surface area contributed by atoms with Gasteiger partial charge in [0.05, 0.1) is 12.1 Å². The Hall–Kier alpha value is -1.95. The molecule has 0 heterocycles.